The topological polar surface area (TPSA) is 50.4 Å². The van der Waals surface area contributed by atoms with Gasteiger partial charge in [-0.15, -0.1) is 0 Å². The molecule has 3 aromatic rings. The number of aromatic hydroxyl groups is 1. The molecule has 1 aromatic heterocycles. The van der Waals surface area contributed by atoms with Gasteiger partial charge in [-0.25, -0.2) is 9.98 Å². The molecule has 0 atom stereocenters. The zero-order valence-corrected chi connectivity index (χ0v) is 11.4. The normalized spacial score (nSPS) is 12.0. The van der Waals surface area contributed by atoms with Crippen molar-refractivity contribution >= 4 is 22.7 Å². The van der Waals surface area contributed by atoms with Gasteiger partial charge in [-0.2, -0.15) is 0 Å². The van der Waals surface area contributed by atoms with Crippen LogP contribution in [0.25, 0.3) is 11.0 Å². The van der Waals surface area contributed by atoms with Crippen LogP contribution < -0.4 is 0 Å². The summed E-state index contributed by atoms with van der Waals surface area (Å²) < 4.78 is 1.94. The highest BCUT2D eigenvalue weighted by Crippen LogP contribution is 2.22. The van der Waals surface area contributed by atoms with E-state index in [0.29, 0.717) is 5.95 Å². The number of phenolic OH excluding ortho intramolecular Hbond substituents is 1. The number of aryl methyl sites for hydroxylation is 1. The van der Waals surface area contributed by atoms with Crippen LogP contribution in [0.5, 0.6) is 5.75 Å². The minimum Gasteiger partial charge on any atom is -0.507 e. The molecule has 1 heterocycles. The maximum Gasteiger partial charge on any atom is 0.230 e. The first-order valence-corrected chi connectivity index (χ1v) is 6.42. The second-order valence-corrected chi connectivity index (χ2v) is 4.67. The maximum absolute atomic E-state index is 9.86. The molecule has 0 bridgehead atoms. The van der Waals surface area contributed by atoms with Crippen molar-refractivity contribution in [2.75, 3.05) is 0 Å². The molecule has 2 aromatic carbocycles. The molecule has 0 aliphatic carbocycles. The third kappa shape index (κ3) is 2.05. The van der Waals surface area contributed by atoms with Crippen LogP contribution in [0.15, 0.2) is 53.5 Å². The average molecular weight is 265 g/mol. The van der Waals surface area contributed by atoms with Crippen molar-refractivity contribution in [3.8, 4) is 5.75 Å². The van der Waals surface area contributed by atoms with Gasteiger partial charge in [0.15, 0.2) is 0 Å². The zero-order chi connectivity index (χ0) is 14.1. The summed E-state index contributed by atoms with van der Waals surface area (Å²) >= 11 is 0. The summed E-state index contributed by atoms with van der Waals surface area (Å²) in [4.78, 5) is 9.04. The van der Waals surface area contributed by atoms with Crippen LogP contribution in [0.3, 0.4) is 0 Å². The lowest BCUT2D eigenvalue weighted by molar-refractivity contribution is 0.474. The van der Waals surface area contributed by atoms with Gasteiger partial charge in [-0.05, 0) is 31.2 Å². The minimum atomic E-state index is 0.229. The molecule has 0 aliphatic heterocycles. The first kappa shape index (κ1) is 12.4. The van der Waals surface area contributed by atoms with Gasteiger partial charge in [0.05, 0.1) is 16.7 Å². The summed E-state index contributed by atoms with van der Waals surface area (Å²) in [5, 5.41) is 9.86. The van der Waals surface area contributed by atoms with Crippen molar-refractivity contribution in [1.82, 2.24) is 9.55 Å². The Balaban J connectivity index is 2.10. The van der Waals surface area contributed by atoms with E-state index in [1.807, 2.05) is 54.9 Å². The van der Waals surface area contributed by atoms with E-state index in [1.54, 1.807) is 12.1 Å². The standard InChI is InChI=1S/C16H15N3O/c1-11(12-7-3-6-10-15(12)20)17-16-18-13-8-4-5-9-14(13)19(16)2/h3-10,20H,1-2H3/b17-11+. The number of fused-ring (bicyclic) bond motifs is 1. The fourth-order valence-corrected chi connectivity index (χ4v) is 2.22. The Kier molecular flexibility index (Phi) is 2.99. The molecule has 0 radical (unpaired) electrons. The molecule has 0 saturated carbocycles. The zero-order valence-electron chi connectivity index (χ0n) is 11.4. The van der Waals surface area contributed by atoms with Gasteiger partial charge in [0.25, 0.3) is 0 Å². The maximum atomic E-state index is 9.86. The summed E-state index contributed by atoms with van der Waals surface area (Å²) in [6, 6.07) is 15.1. The van der Waals surface area contributed by atoms with Crippen molar-refractivity contribution in [2.45, 2.75) is 6.92 Å². The van der Waals surface area contributed by atoms with Crippen LogP contribution in [0.4, 0.5) is 5.95 Å². The SMILES string of the molecule is C/C(=N\c1nc2ccccc2n1C)c1ccccc1O. The predicted octanol–water partition coefficient (Wildman–Crippen LogP) is 3.42. The molecule has 20 heavy (non-hydrogen) atoms. The number of aromatic nitrogens is 2. The van der Waals surface area contributed by atoms with Gasteiger partial charge in [0.2, 0.25) is 5.95 Å². The van der Waals surface area contributed by atoms with Crippen LogP contribution >= 0.6 is 0 Å². The molecule has 0 unspecified atom stereocenters. The van der Waals surface area contributed by atoms with Crippen LogP contribution in [0.2, 0.25) is 0 Å². The van der Waals surface area contributed by atoms with Crippen molar-refractivity contribution in [3.05, 3.63) is 54.1 Å². The third-order valence-corrected chi connectivity index (χ3v) is 3.33. The smallest absolute Gasteiger partial charge is 0.230 e. The summed E-state index contributed by atoms with van der Waals surface area (Å²) in [5.41, 5.74) is 3.41. The van der Waals surface area contributed by atoms with Crippen molar-refractivity contribution < 1.29 is 5.11 Å². The number of hydrogen-bond acceptors (Lipinski definition) is 3. The second kappa shape index (κ2) is 4.81. The highest BCUT2D eigenvalue weighted by molar-refractivity contribution is 6.02. The van der Waals surface area contributed by atoms with Gasteiger partial charge in [-0.1, -0.05) is 24.3 Å². The van der Waals surface area contributed by atoms with E-state index in [2.05, 4.69) is 9.98 Å². The van der Waals surface area contributed by atoms with Gasteiger partial charge in [0, 0.05) is 12.6 Å². The Morgan fingerprint density at radius 2 is 1.80 bits per heavy atom. The van der Waals surface area contributed by atoms with E-state index in [1.165, 1.54) is 0 Å². The molecule has 0 aliphatic rings. The van der Waals surface area contributed by atoms with Gasteiger partial charge < -0.3 is 9.67 Å². The molecule has 0 fully saturated rings. The first-order chi connectivity index (χ1) is 9.66. The van der Waals surface area contributed by atoms with E-state index in [9.17, 15) is 5.11 Å². The molecule has 4 nitrogen and oxygen atoms in total. The van der Waals surface area contributed by atoms with Crippen molar-refractivity contribution in [1.29, 1.82) is 0 Å². The van der Waals surface area contributed by atoms with E-state index in [4.69, 9.17) is 0 Å². The lowest BCUT2D eigenvalue weighted by Crippen LogP contribution is -1.96. The van der Waals surface area contributed by atoms with Crippen LogP contribution in [-0.4, -0.2) is 20.4 Å². The van der Waals surface area contributed by atoms with Crippen LogP contribution in [0, 0.1) is 0 Å². The molecule has 0 amide bonds. The monoisotopic (exact) mass is 265 g/mol. The predicted molar refractivity (Wildman–Crippen MR) is 80.7 cm³/mol. The number of nitrogens with zero attached hydrogens (tertiary/aromatic N) is 3. The molecular weight excluding hydrogens is 250 g/mol. The summed E-state index contributed by atoms with van der Waals surface area (Å²) in [6.45, 7) is 1.87. The average Bonchev–Trinajstić information content (AvgIpc) is 2.76. The molecule has 1 N–H and O–H groups in total. The fraction of sp³-hybridized carbons (Fsp3) is 0.125. The molecular formula is C16H15N3O. The number of imidazole rings is 1. The highest BCUT2D eigenvalue weighted by atomic mass is 16.3. The Bertz CT molecular complexity index is 802. The van der Waals surface area contributed by atoms with Crippen molar-refractivity contribution in [3.63, 3.8) is 0 Å². The Labute approximate surface area is 117 Å². The number of phenols is 1. The van der Waals surface area contributed by atoms with Crippen molar-refractivity contribution in [2.24, 2.45) is 12.0 Å². The molecule has 0 saturated heterocycles. The van der Waals surface area contributed by atoms with E-state index >= 15 is 0 Å². The second-order valence-electron chi connectivity index (χ2n) is 4.67. The van der Waals surface area contributed by atoms with E-state index < -0.39 is 0 Å². The molecule has 100 valence electrons. The van der Waals surface area contributed by atoms with Gasteiger partial charge >= 0.3 is 0 Å². The van der Waals surface area contributed by atoms with Gasteiger partial charge in [0.1, 0.15) is 5.75 Å². The molecule has 4 heteroatoms. The quantitative estimate of drug-likeness (QED) is 0.722. The summed E-state index contributed by atoms with van der Waals surface area (Å²) in [6.07, 6.45) is 0. The number of hydrogen-bond donors (Lipinski definition) is 1. The molecule has 3 rings (SSSR count). The summed E-state index contributed by atoms with van der Waals surface area (Å²) in [7, 11) is 1.94. The van der Waals surface area contributed by atoms with Crippen LogP contribution in [0.1, 0.15) is 12.5 Å². The summed E-state index contributed by atoms with van der Waals surface area (Å²) in [5.74, 6) is 0.861. The Morgan fingerprint density at radius 3 is 2.55 bits per heavy atom. The number of aliphatic imine (C=N–C) groups is 1. The molecule has 0 spiro atoms. The van der Waals surface area contributed by atoms with E-state index in [0.717, 1.165) is 22.3 Å². The Morgan fingerprint density at radius 1 is 1.10 bits per heavy atom. The Hall–Kier alpha value is -2.62. The fourth-order valence-electron chi connectivity index (χ4n) is 2.22. The third-order valence-electron chi connectivity index (χ3n) is 3.33. The minimum absolute atomic E-state index is 0.229. The first-order valence-electron chi connectivity index (χ1n) is 6.42. The number of rotatable bonds is 2. The number of para-hydroxylation sites is 3. The lowest BCUT2D eigenvalue weighted by atomic mass is 10.1. The van der Waals surface area contributed by atoms with E-state index in [-0.39, 0.29) is 5.75 Å². The lowest BCUT2D eigenvalue weighted by Gasteiger charge is -2.03. The number of benzene rings is 2. The van der Waals surface area contributed by atoms with Crippen LogP contribution in [-0.2, 0) is 7.05 Å². The van der Waals surface area contributed by atoms with Gasteiger partial charge in [-0.3, -0.25) is 0 Å². The highest BCUT2D eigenvalue weighted by Gasteiger charge is 2.08. The largest absolute Gasteiger partial charge is 0.507 e.